The zero-order valence-electron chi connectivity index (χ0n) is 20.0. The smallest absolute Gasteiger partial charge is 0.248 e. The van der Waals surface area contributed by atoms with E-state index in [1.165, 1.54) is 0 Å². The van der Waals surface area contributed by atoms with Crippen LogP contribution in [0.5, 0.6) is 0 Å². The molecule has 1 atom stereocenters. The summed E-state index contributed by atoms with van der Waals surface area (Å²) in [5.41, 5.74) is 2.60. The van der Waals surface area contributed by atoms with Crippen molar-refractivity contribution >= 4 is 15.9 Å². The number of ether oxygens (including phenoxy) is 1. The molecule has 1 heterocycles. The molecule has 0 N–H and O–H groups in total. The minimum absolute atomic E-state index is 0.0261. The van der Waals surface area contributed by atoms with Crippen LogP contribution in [0.25, 0.3) is 0 Å². The van der Waals surface area contributed by atoms with Gasteiger partial charge < -0.3 is 14.5 Å². The molecule has 0 unspecified atom stereocenters. The van der Waals surface area contributed by atoms with Crippen LogP contribution >= 0.6 is 0 Å². The number of benzene rings is 1. The molecule has 0 radical (unpaired) electrons. The highest BCUT2D eigenvalue weighted by Crippen LogP contribution is 2.30. The van der Waals surface area contributed by atoms with Crippen molar-refractivity contribution in [3.63, 3.8) is 0 Å². The van der Waals surface area contributed by atoms with Crippen LogP contribution in [0.1, 0.15) is 43.4 Å². The third-order valence-corrected chi connectivity index (χ3v) is 8.36. The zero-order chi connectivity index (χ0) is 23.2. The summed E-state index contributed by atoms with van der Waals surface area (Å²) in [5.74, 6) is -0.0789. The molecular weight excluding hydrogens is 414 g/mol. The largest absolute Gasteiger partial charge is 0.370 e. The molecular formula is C23H39N3O4S. The second-order valence-electron chi connectivity index (χ2n) is 8.50. The molecule has 0 aromatic heterocycles. The van der Waals surface area contributed by atoms with Crippen molar-refractivity contribution < 1.29 is 17.9 Å². The number of aryl methyl sites for hydroxylation is 3. The number of hydrogen-bond donors (Lipinski definition) is 0. The van der Waals surface area contributed by atoms with Gasteiger partial charge >= 0.3 is 0 Å². The lowest BCUT2D eigenvalue weighted by Crippen LogP contribution is -2.41. The molecule has 1 aliphatic heterocycles. The summed E-state index contributed by atoms with van der Waals surface area (Å²) in [6.07, 6.45) is 1.55. The highest BCUT2D eigenvalue weighted by molar-refractivity contribution is 7.89. The van der Waals surface area contributed by atoms with E-state index in [0.717, 1.165) is 49.2 Å². The van der Waals surface area contributed by atoms with E-state index >= 15 is 0 Å². The molecule has 8 heteroatoms. The molecule has 1 saturated heterocycles. The molecule has 0 aliphatic carbocycles. The Morgan fingerprint density at radius 1 is 1.13 bits per heavy atom. The Bertz CT molecular complexity index is 829. The van der Waals surface area contributed by atoms with Crippen LogP contribution in [-0.2, 0) is 19.6 Å². The fourth-order valence-electron chi connectivity index (χ4n) is 4.33. The molecule has 0 saturated carbocycles. The number of carbonyl (C=O) groups excluding carboxylic acids is 1. The number of hydrogen-bond acceptors (Lipinski definition) is 5. The van der Waals surface area contributed by atoms with Gasteiger partial charge in [0.1, 0.15) is 6.61 Å². The van der Waals surface area contributed by atoms with Crippen molar-refractivity contribution in [2.75, 3.05) is 53.0 Å². The summed E-state index contributed by atoms with van der Waals surface area (Å²) in [5, 5.41) is 0. The lowest BCUT2D eigenvalue weighted by Gasteiger charge is -2.26. The van der Waals surface area contributed by atoms with Gasteiger partial charge in [-0.3, -0.25) is 4.79 Å². The first-order valence-electron chi connectivity index (χ1n) is 11.3. The van der Waals surface area contributed by atoms with Crippen LogP contribution < -0.4 is 0 Å². The Morgan fingerprint density at radius 3 is 2.32 bits per heavy atom. The molecule has 1 fully saturated rings. The van der Waals surface area contributed by atoms with Gasteiger partial charge in [-0.25, -0.2) is 8.42 Å². The molecule has 176 valence electrons. The van der Waals surface area contributed by atoms with E-state index in [-0.39, 0.29) is 25.2 Å². The third kappa shape index (κ3) is 6.51. The first kappa shape index (κ1) is 25.8. The number of nitrogens with zero attached hydrogens (tertiary/aromatic N) is 3. The van der Waals surface area contributed by atoms with Gasteiger partial charge in [0.25, 0.3) is 0 Å². The Morgan fingerprint density at radius 2 is 1.74 bits per heavy atom. The first-order chi connectivity index (χ1) is 14.6. The highest BCUT2D eigenvalue weighted by atomic mass is 32.2. The molecule has 1 aromatic rings. The van der Waals surface area contributed by atoms with Gasteiger partial charge in [-0.1, -0.05) is 31.5 Å². The summed E-state index contributed by atoms with van der Waals surface area (Å²) in [7, 11) is -1.82. The van der Waals surface area contributed by atoms with Gasteiger partial charge in [0.05, 0.1) is 11.5 Å². The minimum atomic E-state index is -3.60. The summed E-state index contributed by atoms with van der Waals surface area (Å²) < 4.78 is 34.1. The molecule has 1 aromatic carbocycles. The monoisotopic (exact) mass is 453 g/mol. The summed E-state index contributed by atoms with van der Waals surface area (Å²) in [4.78, 5) is 16.7. The van der Waals surface area contributed by atoms with Gasteiger partial charge in [0, 0.05) is 32.7 Å². The van der Waals surface area contributed by atoms with Crippen LogP contribution in [0, 0.1) is 20.8 Å². The lowest BCUT2D eigenvalue weighted by molar-refractivity contribution is -0.135. The Balaban J connectivity index is 1.95. The molecule has 7 nitrogen and oxygen atoms in total. The van der Waals surface area contributed by atoms with Gasteiger partial charge in [-0.15, -0.1) is 0 Å². The lowest BCUT2D eigenvalue weighted by atomic mass is 10.1. The van der Waals surface area contributed by atoms with E-state index in [1.807, 2.05) is 32.9 Å². The number of sulfonamides is 1. The maximum Gasteiger partial charge on any atom is 0.248 e. The van der Waals surface area contributed by atoms with Crippen molar-refractivity contribution in [3.8, 4) is 0 Å². The normalized spacial score (nSPS) is 17.5. The molecule has 31 heavy (non-hydrogen) atoms. The second kappa shape index (κ2) is 11.4. The zero-order valence-corrected chi connectivity index (χ0v) is 20.8. The van der Waals surface area contributed by atoms with Gasteiger partial charge in [-0.2, -0.15) is 4.31 Å². The number of amides is 1. The van der Waals surface area contributed by atoms with E-state index in [4.69, 9.17) is 4.74 Å². The quantitative estimate of drug-likeness (QED) is 0.515. The van der Waals surface area contributed by atoms with E-state index < -0.39 is 10.0 Å². The fraction of sp³-hybridized carbons (Fsp3) is 0.696. The summed E-state index contributed by atoms with van der Waals surface area (Å²) in [6.45, 7) is 14.0. The highest BCUT2D eigenvalue weighted by Gasteiger charge is 2.37. The molecule has 0 spiro atoms. The minimum Gasteiger partial charge on any atom is -0.370 e. The Hall–Kier alpha value is -1.48. The van der Waals surface area contributed by atoms with Gasteiger partial charge in [-0.05, 0) is 57.8 Å². The second-order valence-corrected chi connectivity index (χ2v) is 10.3. The van der Waals surface area contributed by atoms with E-state index in [2.05, 4.69) is 18.7 Å². The standard InChI is InChI=1S/C23H39N3O4S/c1-7-25(8-2)13-12-24(6)22(27)17-30-16-21-10-9-11-26(21)31(28,29)23-19(4)14-18(3)15-20(23)5/h14-15,21H,7-13,16-17H2,1-6H3/t21-/m1/s1. The predicted octanol–water partition coefficient (Wildman–Crippen LogP) is 2.58. The van der Waals surface area contributed by atoms with Crippen molar-refractivity contribution in [1.82, 2.24) is 14.1 Å². The molecule has 2 rings (SSSR count). The van der Waals surface area contributed by atoms with E-state index in [1.54, 1.807) is 16.3 Å². The first-order valence-corrected chi connectivity index (χ1v) is 12.7. The molecule has 1 aliphatic rings. The van der Waals surface area contributed by atoms with Crippen molar-refractivity contribution in [1.29, 1.82) is 0 Å². The Labute approximate surface area is 188 Å². The number of rotatable bonds is 11. The van der Waals surface area contributed by atoms with Crippen molar-refractivity contribution in [2.45, 2.75) is 58.4 Å². The van der Waals surface area contributed by atoms with Crippen molar-refractivity contribution in [2.24, 2.45) is 0 Å². The van der Waals surface area contributed by atoms with Crippen LogP contribution in [-0.4, -0.2) is 87.5 Å². The third-order valence-electron chi connectivity index (χ3n) is 6.10. The fourth-order valence-corrected chi connectivity index (χ4v) is 6.43. The van der Waals surface area contributed by atoms with Crippen molar-refractivity contribution in [3.05, 3.63) is 28.8 Å². The maximum atomic E-state index is 13.4. The number of carbonyl (C=O) groups is 1. The molecule has 0 bridgehead atoms. The summed E-state index contributed by atoms with van der Waals surface area (Å²) >= 11 is 0. The van der Waals surface area contributed by atoms with Crippen LogP contribution in [0.3, 0.4) is 0 Å². The maximum absolute atomic E-state index is 13.4. The Kier molecular flexibility index (Phi) is 9.48. The number of likely N-dealkylation sites (N-methyl/N-ethyl adjacent to an activating group) is 2. The van der Waals surface area contributed by atoms with Crippen LogP contribution in [0.4, 0.5) is 0 Å². The SMILES string of the molecule is CCN(CC)CCN(C)C(=O)COC[C@H]1CCCN1S(=O)(=O)c1c(C)cc(C)cc1C. The molecule has 1 amide bonds. The van der Waals surface area contributed by atoms with E-state index in [0.29, 0.717) is 18.0 Å². The summed E-state index contributed by atoms with van der Waals surface area (Å²) in [6, 6.07) is 3.58. The van der Waals surface area contributed by atoms with Gasteiger partial charge in [0.2, 0.25) is 15.9 Å². The van der Waals surface area contributed by atoms with E-state index in [9.17, 15) is 13.2 Å². The average Bonchev–Trinajstić information content (AvgIpc) is 3.17. The average molecular weight is 454 g/mol. The predicted molar refractivity (Wildman–Crippen MR) is 124 cm³/mol. The van der Waals surface area contributed by atoms with Crippen LogP contribution in [0.2, 0.25) is 0 Å². The van der Waals surface area contributed by atoms with Crippen LogP contribution in [0.15, 0.2) is 17.0 Å². The topological polar surface area (TPSA) is 70.2 Å². The van der Waals surface area contributed by atoms with Gasteiger partial charge in [0.15, 0.2) is 0 Å².